The minimum Gasteiger partial charge on any atom is -0.465 e. The predicted molar refractivity (Wildman–Crippen MR) is 116 cm³/mol. The molecule has 0 radical (unpaired) electrons. The van der Waals surface area contributed by atoms with Gasteiger partial charge in [0.05, 0.1) is 23.2 Å². The van der Waals surface area contributed by atoms with Crippen molar-refractivity contribution in [3.63, 3.8) is 0 Å². The lowest BCUT2D eigenvalue weighted by Crippen LogP contribution is -2.32. The highest BCUT2D eigenvalue weighted by atomic mass is 16.6. The van der Waals surface area contributed by atoms with Gasteiger partial charge in [0.2, 0.25) is 11.6 Å². The van der Waals surface area contributed by atoms with E-state index < -0.39 is 16.6 Å². The summed E-state index contributed by atoms with van der Waals surface area (Å²) in [7, 11) is 0. The van der Waals surface area contributed by atoms with Crippen LogP contribution < -0.4 is 10.6 Å². The van der Waals surface area contributed by atoms with Gasteiger partial charge in [-0.05, 0) is 37.1 Å². The van der Waals surface area contributed by atoms with Crippen molar-refractivity contribution in [1.29, 1.82) is 5.26 Å². The molecule has 1 aromatic heterocycles. The average molecular weight is 424 g/mol. The fraction of sp³-hybridized carbons (Fsp3) is 0.333. The van der Waals surface area contributed by atoms with Crippen LogP contribution in [-0.4, -0.2) is 34.0 Å². The average Bonchev–Trinajstić information content (AvgIpc) is 2.73. The number of carbonyl (C=O) groups is 1. The molecule has 0 saturated heterocycles. The van der Waals surface area contributed by atoms with Crippen molar-refractivity contribution in [3.8, 4) is 6.07 Å². The number of hydrogen-bond acceptors (Lipinski definition) is 9. The molecule has 0 amide bonds. The third kappa shape index (κ3) is 6.50. The smallest absolute Gasteiger partial charge is 0.353 e. The van der Waals surface area contributed by atoms with Crippen LogP contribution in [0.15, 0.2) is 30.3 Å². The van der Waals surface area contributed by atoms with Crippen LogP contribution in [0, 0.1) is 21.4 Å². The number of allylic oxidation sites excluding steroid dienone is 1. The second-order valence-electron chi connectivity index (χ2n) is 6.56. The van der Waals surface area contributed by atoms with E-state index in [0.29, 0.717) is 11.1 Å². The summed E-state index contributed by atoms with van der Waals surface area (Å²) in [6.45, 7) is 3.62. The van der Waals surface area contributed by atoms with Gasteiger partial charge in [-0.25, -0.2) is 9.97 Å². The van der Waals surface area contributed by atoms with Crippen LogP contribution in [0.25, 0.3) is 6.08 Å². The first-order chi connectivity index (χ1) is 14.9. The van der Waals surface area contributed by atoms with Gasteiger partial charge in [0.25, 0.3) is 0 Å². The Morgan fingerprint density at radius 3 is 2.81 bits per heavy atom. The van der Waals surface area contributed by atoms with Crippen molar-refractivity contribution in [3.05, 3.63) is 57.4 Å². The van der Waals surface area contributed by atoms with E-state index in [9.17, 15) is 14.9 Å². The molecule has 1 heterocycles. The molecule has 2 rings (SSSR count). The number of nitrogens with two attached hydrogens (primary N) is 1. The molecular formula is C21H24N6O4. The normalized spacial score (nSPS) is 10.6. The lowest BCUT2D eigenvalue weighted by Gasteiger charge is -2.23. The van der Waals surface area contributed by atoms with Gasteiger partial charge in [-0.2, -0.15) is 5.26 Å². The molecule has 0 aliphatic heterocycles. The molecule has 1 aromatic carbocycles. The number of ether oxygens (including phenoxy) is 1. The van der Waals surface area contributed by atoms with Crippen molar-refractivity contribution in [2.24, 2.45) is 0 Å². The SMILES string of the molecule is CCCC=Cc1nc(N)c([N+](=O)[O-])c(N(CC(=O)OCC)Cc2cccc(C#N)c2)n1. The van der Waals surface area contributed by atoms with Gasteiger partial charge in [0.1, 0.15) is 6.54 Å². The van der Waals surface area contributed by atoms with E-state index in [1.807, 2.05) is 19.1 Å². The maximum absolute atomic E-state index is 12.2. The molecule has 0 atom stereocenters. The summed E-state index contributed by atoms with van der Waals surface area (Å²) in [4.78, 5) is 33.0. The van der Waals surface area contributed by atoms with Crippen LogP contribution in [0.4, 0.5) is 17.3 Å². The third-order valence-corrected chi connectivity index (χ3v) is 4.17. The zero-order valence-electron chi connectivity index (χ0n) is 17.4. The number of rotatable bonds is 10. The van der Waals surface area contributed by atoms with E-state index in [2.05, 4.69) is 9.97 Å². The van der Waals surface area contributed by atoms with Crippen LogP contribution in [0.5, 0.6) is 0 Å². The number of nitro groups is 1. The number of benzene rings is 1. The van der Waals surface area contributed by atoms with Gasteiger partial charge in [0, 0.05) is 6.54 Å². The first-order valence-electron chi connectivity index (χ1n) is 9.77. The highest BCUT2D eigenvalue weighted by Crippen LogP contribution is 2.32. The predicted octanol–water partition coefficient (Wildman–Crippen LogP) is 3.22. The van der Waals surface area contributed by atoms with E-state index in [1.165, 1.54) is 4.90 Å². The van der Waals surface area contributed by atoms with Gasteiger partial charge < -0.3 is 15.4 Å². The second-order valence-corrected chi connectivity index (χ2v) is 6.56. The highest BCUT2D eigenvalue weighted by molar-refractivity contribution is 5.79. The van der Waals surface area contributed by atoms with Crippen LogP contribution >= 0.6 is 0 Å². The lowest BCUT2D eigenvalue weighted by atomic mass is 10.1. The maximum atomic E-state index is 12.2. The number of aromatic nitrogens is 2. The van der Waals surface area contributed by atoms with Crippen molar-refractivity contribution >= 4 is 29.4 Å². The van der Waals surface area contributed by atoms with Crippen LogP contribution in [-0.2, 0) is 16.1 Å². The molecule has 162 valence electrons. The maximum Gasteiger partial charge on any atom is 0.353 e. The van der Waals surface area contributed by atoms with E-state index in [0.717, 1.165) is 12.8 Å². The highest BCUT2D eigenvalue weighted by Gasteiger charge is 2.28. The summed E-state index contributed by atoms with van der Waals surface area (Å²) in [5.74, 6) is -0.769. The molecule has 31 heavy (non-hydrogen) atoms. The topological polar surface area (TPSA) is 148 Å². The Balaban J connectivity index is 2.56. The fourth-order valence-corrected chi connectivity index (χ4v) is 2.83. The molecular weight excluding hydrogens is 400 g/mol. The van der Waals surface area contributed by atoms with E-state index in [4.69, 9.17) is 15.7 Å². The third-order valence-electron chi connectivity index (χ3n) is 4.17. The Labute approximate surface area is 180 Å². The minimum absolute atomic E-state index is 0.0732. The number of nitrogen functional groups attached to an aromatic ring is 1. The quantitative estimate of drug-likeness (QED) is 0.344. The summed E-state index contributed by atoms with van der Waals surface area (Å²) in [6, 6.07) is 8.76. The number of nitriles is 1. The van der Waals surface area contributed by atoms with Crippen LogP contribution in [0.1, 0.15) is 43.6 Å². The molecule has 0 unspecified atom stereocenters. The molecule has 0 aliphatic rings. The van der Waals surface area contributed by atoms with Gasteiger partial charge in [-0.15, -0.1) is 0 Å². The molecule has 0 fully saturated rings. The number of esters is 1. The van der Waals surface area contributed by atoms with E-state index in [-0.39, 0.29) is 37.2 Å². The standard InChI is InChI=1S/C21H24N6O4/c1-3-5-6-10-17-24-20(23)19(27(29)30)21(25-17)26(14-18(28)31-4-2)13-16-9-7-8-15(11-16)12-22/h6-11H,3-5,13-14H2,1-2H3,(H2,23,24,25). The molecule has 0 saturated carbocycles. The fourth-order valence-electron chi connectivity index (χ4n) is 2.83. The number of carbonyl (C=O) groups excluding carboxylic acids is 1. The minimum atomic E-state index is -0.673. The monoisotopic (exact) mass is 424 g/mol. The lowest BCUT2D eigenvalue weighted by molar-refractivity contribution is -0.383. The molecule has 0 bridgehead atoms. The van der Waals surface area contributed by atoms with Crippen molar-refractivity contribution in [1.82, 2.24) is 9.97 Å². The first-order valence-corrected chi connectivity index (χ1v) is 9.77. The number of anilines is 2. The Hall–Kier alpha value is -4.00. The Morgan fingerprint density at radius 2 is 2.16 bits per heavy atom. The molecule has 2 N–H and O–H groups in total. The van der Waals surface area contributed by atoms with E-state index >= 15 is 0 Å². The Kier molecular flexibility index (Phi) is 8.45. The second kappa shape index (κ2) is 11.3. The van der Waals surface area contributed by atoms with E-state index in [1.54, 1.807) is 37.3 Å². The van der Waals surface area contributed by atoms with Crippen molar-refractivity contribution in [2.45, 2.75) is 33.2 Å². The molecule has 2 aromatic rings. The van der Waals surface area contributed by atoms with Gasteiger partial charge in [-0.1, -0.05) is 31.6 Å². The number of hydrogen-bond donors (Lipinski definition) is 1. The molecule has 10 heteroatoms. The van der Waals surface area contributed by atoms with Crippen LogP contribution in [0.2, 0.25) is 0 Å². The summed E-state index contributed by atoms with van der Waals surface area (Å²) in [5.41, 5.74) is 6.48. The van der Waals surface area contributed by atoms with Gasteiger partial charge >= 0.3 is 11.7 Å². The van der Waals surface area contributed by atoms with Crippen molar-refractivity contribution < 1.29 is 14.5 Å². The number of unbranched alkanes of at least 4 members (excludes halogenated alkanes) is 1. The zero-order valence-corrected chi connectivity index (χ0v) is 17.4. The van der Waals surface area contributed by atoms with Gasteiger partial charge in [0.15, 0.2) is 5.82 Å². The Bertz CT molecular complexity index is 1020. The largest absolute Gasteiger partial charge is 0.465 e. The summed E-state index contributed by atoms with van der Waals surface area (Å²) < 4.78 is 5.03. The van der Waals surface area contributed by atoms with Crippen LogP contribution in [0.3, 0.4) is 0 Å². The molecule has 0 aliphatic carbocycles. The molecule has 0 spiro atoms. The first kappa shape index (κ1) is 23.3. The molecule has 10 nitrogen and oxygen atoms in total. The number of nitrogens with zero attached hydrogens (tertiary/aromatic N) is 5. The Morgan fingerprint density at radius 1 is 1.39 bits per heavy atom. The van der Waals surface area contributed by atoms with Gasteiger partial charge in [-0.3, -0.25) is 14.9 Å². The summed E-state index contributed by atoms with van der Waals surface area (Å²) >= 11 is 0. The summed E-state index contributed by atoms with van der Waals surface area (Å²) in [6.07, 6.45) is 5.17. The zero-order chi connectivity index (χ0) is 22.8. The van der Waals surface area contributed by atoms with Crippen molar-refractivity contribution in [2.75, 3.05) is 23.8 Å². The summed E-state index contributed by atoms with van der Waals surface area (Å²) in [5, 5.41) is 20.9.